The minimum atomic E-state index is -1.05. The van der Waals surface area contributed by atoms with Crippen LogP contribution in [0.2, 0.25) is 5.02 Å². The highest BCUT2D eigenvalue weighted by Gasteiger charge is 2.29. The van der Waals surface area contributed by atoms with Crippen LogP contribution in [0.25, 0.3) is 0 Å². The van der Waals surface area contributed by atoms with Gasteiger partial charge in [0.2, 0.25) is 0 Å². The maximum absolute atomic E-state index is 13.2. The number of hydrogen-bond acceptors (Lipinski definition) is 5. The molecule has 2 aliphatic heterocycles. The van der Waals surface area contributed by atoms with Gasteiger partial charge in [-0.05, 0) is 49.9 Å². The third-order valence-electron chi connectivity index (χ3n) is 6.99. The van der Waals surface area contributed by atoms with E-state index in [1.807, 2.05) is 25.4 Å². The number of benzene rings is 2. The van der Waals surface area contributed by atoms with Gasteiger partial charge in [-0.15, -0.1) is 0 Å². The Bertz CT molecular complexity index is 1160. The minimum Gasteiger partial charge on any atom is -0.377 e. The third-order valence-corrected chi connectivity index (χ3v) is 7.23. The van der Waals surface area contributed by atoms with Crippen molar-refractivity contribution in [2.45, 2.75) is 38.0 Å². The van der Waals surface area contributed by atoms with Gasteiger partial charge in [0.25, 0.3) is 0 Å². The predicted octanol–water partition coefficient (Wildman–Crippen LogP) is 4.19. The predicted molar refractivity (Wildman–Crippen MR) is 141 cm³/mol. The fourth-order valence-electron chi connectivity index (χ4n) is 4.65. The van der Waals surface area contributed by atoms with E-state index in [1.54, 1.807) is 24.3 Å². The Morgan fingerprint density at radius 1 is 1.17 bits per heavy atom. The molecule has 0 amide bonds. The lowest BCUT2D eigenvalue weighted by Crippen LogP contribution is -2.49. The van der Waals surface area contributed by atoms with Crippen molar-refractivity contribution in [1.29, 1.82) is 0 Å². The first-order chi connectivity index (χ1) is 17.2. The average molecular weight is 510 g/mol. The van der Waals surface area contributed by atoms with Crippen LogP contribution < -0.4 is 0 Å². The van der Waals surface area contributed by atoms with E-state index in [4.69, 9.17) is 11.6 Å². The molecule has 4 rings (SSSR count). The van der Waals surface area contributed by atoms with Gasteiger partial charge < -0.3 is 14.9 Å². The molecule has 0 aromatic heterocycles. The van der Waals surface area contributed by atoms with E-state index in [-0.39, 0.29) is 17.6 Å². The summed E-state index contributed by atoms with van der Waals surface area (Å²) in [6.07, 6.45) is 4.60. The lowest BCUT2D eigenvalue weighted by atomic mass is 9.91. The van der Waals surface area contributed by atoms with Crippen molar-refractivity contribution >= 4 is 17.4 Å². The number of hydrogen-bond donors (Lipinski definition) is 1. The number of piperazine rings is 1. The third kappa shape index (κ3) is 6.96. The number of halogens is 2. The van der Waals surface area contributed by atoms with Crippen LogP contribution in [0.5, 0.6) is 0 Å². The summed E-state index contributed by atoms with van der Waals surface area (Å²) in [5, 5.41) is 11.3. The highest BCUT2D eigenvalue weighted by atomic mass is 35.5. The maximum atomic E-state index is 13.2. The van der Waals surface area contributed by atoms with E-state index in [9.17, 15) is 14.3 Å². The molecular formula is C29H33ClFN3O2. The number of ketones is 1. The molecule has 7 heteroatoms. The topological polar surface area (TPSA) is 47.0 Å². The molecule has 2 aromatic carbocycles. The summed E-state index contributed by atoms with van der Waals surface area (Å²) in [4.78, 5) is 19.8. The van der Waals surface area contributed by atoms with E-state index in [0.29, 0.717) is 29.0 Å². The molecule has 0 radical (unpaired) electrons. The fraction of sp³-hybridized carbons (Fsp3) is 0.414. The van der Waals surface area contributed by atoms with Crippen LogP contribution in [0.15, 0.2) is 54.7 Å². The smallest absolute Gasteiger partial charge is 0.188 e. The standard InChI is InChI=1S/C29H33ClFN3O2/c1-22-20-33(21-23-3-6-26(31)7-4-23)17-18-34(22)14-10-28(35)27-8-5-25(30)19-24(27)9-11-29(36)12-15-32(2)16-13-29/h3-8,10,14,19,22,36H,12-13,15-18,20-21H2,1-2H3/t22-/m1/s1. The molecule has 0 saturated carbocycles. The molecule has 0 spiro atoms. The first kappa shape index (κ1) is 26.4. The van der Waals surface area contributed by atoms with E-state index >= 15 is 0 Å². The van der Waals surface area contributed by atoms with Gasteiger partial charge in [0.15, 0.2) is 5.78 Å². The van der Waals surface area contributed by atoms with Crippen molar-refractivity contribution in [3.63, 3.8) is 0 Å². The summed E-state index contributed by atoms with van der Waals surface area (Å²) in [5.74, 6) is 5.67. The van der Waals surface area contributed by atoms with Crippen molar-refractivity contribution in [3.8, 4) is 11.8 Å². The lowest BCUT2D eigenvalue weighted by molar-refractivity contribution is 0.0350. The Kier molecular flexibility index (Phi) is 8.48. The second-order valence-electron chi connectivity index (χ2n) is 9.90. The summed E-state index contributed by atoms with van der Waals surface area (Å²) in [6.45, 7) is 6.97. The van der Waals surface area contributed by atoms with Gasteiger partial charge >= 0.3 is 0 Å². The molecule has 0 unspecified atom stereocenters. The number of carbonyl (C=O) groups excluding carboxylic acids is 1. The van der Waals surface area contributed by atoms with Crippen LogP contribution in [-0.2, 0) is 6.54 Å². The molecule has 0 aliphatic carbocycles. The molecule has 1 N–H and O–H groups in total. The second-order valence-corrected chi connectivity index (χ2v) is 10.3. The van der Waals surface area contributed by atoms with Crippen LogP contribution in [0.3, 0.4) is 0 Å². The molecule has 2 aromatic rings. The Morgan fingerprint density at radius 3 is 2.58 bits per heavy atom. The largest absolute Gasteiger partial charge is 0.377 e. The quantitative estimate of drug-likeness (QED) is 0.372. The zero-order chi connectivity index (χ0) is 25.7. The minimum absolute atomic E-state index is 0.146. The molecule has 190 valence electrons. The van der Waals surface area contributed by atoms with Crippen molar-refractivity contribution in [3.05, 3.63) is 82.3 Å². The number of allylic oxidation sites excluding steroid dienone is 1. The highest BCUT2D eigenvalue weighted by molar-refractivity contribution is 6.30. The normalized spacial score (nSPS) is 20.8. The summed E-state index contributed by atoms with van der Waals surface area (Å²) in [7, 11) is 2.03. The Hall–Kier alpha value is -2.69. The molecular weight excluding hydrogens is 477 g/mol. The van der Waals surface area contributed by atoms with Gasteiger partial charge in [-0.25, -0.2) is 4.39 Å². The van der Waals surface area contributed by atoms with Gasteiger partial charge in [0, 0.05) is 86.6 Å². The molecule has 0 bridgehead atoms. The van der Waals surface area contributed by atoms with E-state index in [1.165, 1.54) is 12.1 Å². The average Bonchev–Trinajstić information content (AvgIpc) is 2.86. The molecule has 2 heterocycles. The zero-order valence-electron chi connectivity index (χ0n) is 20.9. The van der Waals surface area contributed by atoms with Crippen LogP contribution in [0.4, 0.5) is 4.39 Å². The summed E-state index contributed by atoms with van der Waals surface area (Å²) in [6, 6.07) is 11.9. The number of likely N-dealkylation sites (tertiary alicyclic amines) is 1. The van der Waals surface area contributed by atoms with Gasteiger partial charge in [-0.3, -0.25) is 9.69 Å². The van der Waals surface area contributed by atoms with E-state index in [0.717, 1.165) is 44.8 Å². The monoisotopic (exact) mass is 509 g/mol. The fourth-order valence-corrected chi connectivity index (χ4v) is 4.82. The van der Waals surface area contributed by atoms with Crippen molar-refractivity contribution in [2.24, 2.45) is 0 Å². The molecule has 2 aliphatic rings. The highest BCUT2D eigenvalue weighted by Crippen LogP contribution is 2.22. The Balaban J connectivity index is 1.40. The number of carbonyl (C=O) groups is 1. The van der Waals surface area contributed by atoms with E-state index < -0.39 is 5.60 Å². The van der Waals surface area contributed by atoms with Gasteiger partial charge in [0.1, 0.15) is 11.4 Å². The summed E-state index contributed by atoms with van der Waals surface area (Å²) in [5.41, 5.74) is 1.04. The first-order valence-corrected chi connectivity index (χ1v) is 12.8. The number of nitrogens with zero attached hydrogens (tertiary/aromatic N) is 3. The number of aliphatic hydroxyl groups is 1. The summed E-state index contributed by atoms with van der Waals surface area (Å²) < 4.78 is 13.2. The van der Waals surface area contributed by atoms with Crippen molar-refractivity contribution in [1.82, 2.24) is 14.7 Å². The van der Waals surface area contributed by atoms with Crippen molar-refractivity contribution in [2.75, 3.05) is 39.8 Å². The molecule has 36 heavy (non-hydrogen) atoms. The molecule has 2 saturated heterocycles. The van der Waals surface area contributed by atoms with Crippen LogP contribution in [0.1, 0.15) is 41.3 Å². The zero-order valence-corrected chi connectivity index (χ0v) is 21.6. The van der Waals surface area contributed by atoms with Gasteiger partial charge in [0.05, 0.1) is 0 Å². The number of piperidine rings is 1. The van der Waals surface area contributed by atoms with Crippen molar-refractivity contribution < 1.29 is 14.3 Å². The number of rotatable bonds is 5. The maximum Gasteiger partial charge on any atom is 0.188 e. The Labute approximate surface area is 218 Å². The molecule has 1 atom stereocenters. The summed E-state index contributed by atoms with van der Waals surface area (Å²) >= 11 is 6.20. The Morgan fingerprint density at radius 2 is 1.89 bits per heavy atom. The molecule has 2 fully saturated rings. The molecule has 5 nitrogen and oxygen atoms in total. The van der Waals surface area contributed by atoms with Crippen LogP contribution >= 0.6 is 11.6 Å². The van der Waals surface area contributed by atoms with E-state index in [2.05, 4.69) is 33.5 Å². The second kappa shape index (κ2) is 11.6. The lowest BCUT2D eigenvalue weighted by Gasteiger charge is -2.39. The van der Waals surface area contributed by atoms with Crippen LogP contribution in [-0.4, -0.2) is 77.0 Å². The van der Waals surface area contributed by atoms with Gasteiger partial charge in [-0.1, -0.05) is 35.6 Å². The van der Waals surface area contributed by atoms with Gasteiger partial charge in [-0.2, -0.15) is 0 Å². The first-order valence-electron chi connectivity index (χ1n) is 12.4. The SMILES string of the molecule is C[C@@H]1CN(Cc2ccc(F)cc2)CCN1C=CC(=O)c1ccc(Cl)cc1C#CC1(O)CCN(C)CC1. The van der Waals surface area contributed by atoms with Crippen LogP contribution in [0, 0.1) is 17.7 Å².